The molecule has 1 aromatic heterocycles. The van der Waals surface area contributed by atoms with E-state index in [1.165, 1.54) is 5.56 Å². The molecule has 0 spiro atoms. The molecule has 0 radical (unpaired) electrons. The van der Waals surface area contributed by atoms with E-state index in [2.05, 4.69) is 33.2 Å². The number of rotatable bonds is 3. The number of hydrogen-bond donors (Lipinski definition) is 1. The first kappa shape index (κ1) is 11.4. The van der Waals surface area contributed by atoms with Crippen LogP contribution in [0.25, 0.3) is 0 Å². The summed E-state index contributed by atoms with van der Waals surface area (Å²) < 4.78 is 2.86. The first-order chi connectivity index (χ1) is 7.65. The summed E-state index contributed by atoms with van der Waals surface area (Å²) in [6.07, 6.45) is 2.71. The molecule has 2 N–H and O–H groups in total. The van der Waals surface area contributed by atoms with Gasteiger partial charge >= 0.3 is 0 Å². The molecule has 16 heavy (non-hydrogen) atoms. The van der Waals surface area contributed by atoms with Crippen molar-refractivity contribution in [3.63, 3.8) is 0 Å². The first-order valence-corrected chi connectivity index (χ1v) is 5.94. The minimum atomic E-state index is -0.0458. The Labute approximate surface area is 103 Å². The highest BCUT2D eigenvalue weighted by molar-refractivity contribution is 9.10. The van der Waals surface area contributed by atoms with E-state index in [1.807, 2.05) is 31.4 Å². The molecule has 4 heteroatoms. The van der Waals surface area contributed by atoms with E-state index in [0.717, 1.165) is 16.6 Å². The molecular formula is C12H14BrN3. The molecule has 0 bridgehead atoms. The van der Waals surface area contributed by atoms with Crippen LogP contribution in [0.15, 0.2) is 41.0 Å². The van der Waals surface area contributed by atoms with Gasteiger partial charge in [-0.3, -0.25) is 4.68 Å². The zero-order valence-corrected chi connectivity index (χ0v) is 10.7. The van der Waals surface area contributed by atoms with E-state index in [-0.39, 0.29) is 6.04 Å². The van der Waals surface area contributed by atoms with Crippen molar-refractivity contribution >= 4 is 15.9 Å². The molecule has 1 atom stereocenters. The van der Waals surface area contributed by atoms with Crippen LogP contribution in [-0.4, -0.2) is 9.78 Å². The fourth-order valence-corrected chi connectivity index (χ4v) is 2.10. The molecule has 84 valence electrons. The number of hydrogen-bond acceptors (Lipinski definition) is 2. The summed E-state index contributed by atoms with van der Waals surface area (Å²) in [4.78, 5) is 0. The Hall–Kier alpha value is -1.13. The van der Waals surface area contributed by atoms with Crippen LogP contribution in [0.5, 0.6) is 0 Å². The van der Waals surface area contributed by atoms with Gasteiger partial charge in [0.25, 0.3) is 0 Å². The third kappa shape index (κ3) is 2.71. The van der Waals surface area contributed by atoms with Crippen LogP contribution < -0.4 is 5.73 Å². The van der Waals surface area contributed by atoms with Crippen molar-refractivity contribution in [2.24, 2.45) is 12.8 Å². The lowest BCUT2D eigenvalue weighted by atomic mass is 10.0. The smallest absolute Gasteiger partial charge is 0.0795 e. The fraction of sp³-hybridized carbons (Fsp3) is 0.250. The molecule has 0 fully saturated rings. The van der Waals surface area contributed by atoms with Crippen LogP contribution in [0, 0.1) is 0 Å². The van der Waals surface area contributed by atoms with Gasteiger partial charge in [0.05, 0.1) is 11.7 Å². The Morgan fingerprint density at radius 1 is 1.44 bits per heavy atom. The average Bonchev–Trinajstić information content (AvgIpc) is 2.65. The summed E-state index contributed by atoms with van der Waals surface area (Å²) in [7, 11) is 1.90. The fourth-order valence-electron chi connectivity index (χ4n) is 1.65. The number of benzene rings is 1. The molecule has 2 aromatic rings. The van der Waals surface area contributed by atoms with Crippen molar-refractivity contribution in [1.82, 2.24) is 9.78 Å². The summed E-state index contributed by atoms with van der Waals surface area (Å²) >= 11 is 3.45. The Bertz CT molecular complexity index is 479. The first-order valence-electron chi connectivity index (χ1n) is 5.15. The van der Waals surface area contributed by atoms with Crippen molar-refractivity contribution < 1.29 is 0 Å². The average molecular weight is 280 g/mol. The van der Waals surface area contributed by atoms with Crippen molar-refractivity contribution in [2.75, 3.05) is 0 Å². The lowest BCUT2D eigenvalue weighted by Gasteiger charge is -2.09. The molecule has 3 nitrogen and oxygen atoms in total. The summed E-state index contributed by atoms with van der Waals surface area (Å²) in [5, 5.41) is 4.31. The van der Waals surface area contributed by atoms with E-state index < -0.39 is 0 Å². The maximum Gasteiger partial charge on any atom is 0.0795 e. The number of aryl methyl sites for hydroxylation is 1. The predicted molar refractivity (Wildman–Crippen MR) is 68.0 cm³/mol. The maximum atomic E-state index is 6.10. The monoisotopic (exact) mass is 279 g/mol. The van der Waals surface area contributed by atoms with Crippen LogP contribution in [-0.2, 0) is 13.5 Å². The van der Waals surface area contributed by atoms with Gasteiger partial charge in [0, 0.05) is 17.7 Å². The molecule has 0 aliphatic heterocycles. The second-order valence-corrected chi connectivity index (χ2v) is 4.77. The van der Waals surface area contributed by atoms with Gasteiger partial charge in [-0.05, 0) is 30.2 Å². The topological polar surface area (TPSA) is 43.8 Å². The van der Waals surface area contributed by atoms with Crippen LogP contribution in [0.3, 0.4) is 0 Å². The molecule has 1 aromatic carbocycles. The molecule has 0 saturated heterocycles. The van der Waals surface area contributed by atoms with Crippen molar-refractivity contribution in [3.05, 3.63) is 52.3 Å². The lowest BCUT2D eigenvalue weighted by molar-refractivity contribution is 0.657. The molecule has 1 heterocycles. The second-order valence-electron chi connectivity index (χ2n) is 3.85. The molecule has 0 aliphatic rings. The number of nitrogens with two attached hydrogens (primary N) is 1. The van der Waals surface area contributed by atoms with Crippen molar-refractivity contribution in [3.8, 4) is 0 Å². The standard InChI is InChI=1S/C12H14BrN3/c1-16-6-5-12(15-16)11(14)8-9-3-2-4-10(13)7-9/h2-7,11H,8,14H2,1H3. The Morgan fingerprint density at radius 2 is 2.25 bits per heavy atom. The SMILES string of the molecule is Cn1ccc(C(N)Cc2cccc(Br)c2)n1. The molecule has 0 saturated carbocycles. The highest BCUT2D eigenvalue weighted by Crippen LogP contribution is 2.17. The second kappa shape index (κ2) is 4.80. The highest BCUT2D eigenvalue weighted by atomic mass is 79.9. The zero-order valence-electron chi connectivity index (χ0n) is 9.10. The molecule has 2 rings (SSSR count). The van der Waals surface area contributed by atoms with E-state index in [1.54, 1.807) is 4.68 Å². The van der Waals surface area contributed by atoms with Crippen molar-refractivity contribution in [2.45, 2.75) is 12.5 Å². The van der Waals surface area contributed by atoms with Crippen LogP contribution >= 0.6 is 15.9 Å². The van der Waals surface area contributed by atoms with Gasteiger partial charge < -0.3 is 5.73 Å². The normalized spacial score (nSPS) is 12.7. The number of halogens is 1. The van der Waals surface area contributed by atoms with E-state index in [0.29, 0.717) is 0 Å². The van der Waals surface area contributed by atoms with Gasteiger partial charge in [0.1, 0.15) is 0 Å². The molecule has 0 amide bonds. The van der Waals surface area contributed by atoms with Gasteiger partial charge in [0.15, 0.2) is 0 Å². The maximum absolute atomic E-state index is 6.10. The summed E-state index contributed by atoms with van der Waals surface area (Å²) in [5.74, 6) is 0. The van der Waals surface area contributed by atoms with Crippen LogP contribution in [0.1, 0.15) is 17.3 Å². The van der Waals surface area contributed by atoms with E-state index in [4.69, 9.17) is 5.73 Å². The summed E-state index contributed by atoms with van der Waals surface area (Å²) in [6, 6.07) is 10.1. The minimum absolute atomic E-state index is 0.0458. The van der Waals surface area contributed by atoms with Gasteiger partial charge in [-0.2, -0.15) is 5.10 Å². The number of nitrogens with zero attached hydrogens (tertiary/aromatic N) is 2. The quantitative estimate of drug-likeness (QED) is 0.938. The third-order valence-electron chi connectivity index (χ3n) is 2.46. The van der Waals surface area contributed by atoms with E-state index >= 15 is 0 Å². The zero-order chi connectivity index (χ0) is 11.5. The predicted octanol–water partition coefficient (Wildman–Crippen LogP) is 2.43. The Morgan fingerprint density at radius 3 is 2.88 bits per heavy atom. The summed E-state index contributed by atoms with van der Waals surface area (Å²) in [6.45, 7) is 0. The molecule has 0 aliphatic carbocycles. The molecular weight excluding hydrogens is 266 g/mol. The third-order valence-corrected chi connectivity index (χ3v) is 2.95. The Kier molecular flexibility index (Phi) is 3.41. The number of aromatic nitrogens is 2. The van der Waals surface area contributed by atoms with E-state index in [9.17, 15) is 0 Å². The summed E-state index contributed by atoms with van der Waals surface area (Å²) in [5.41, 5.74) is 8.25. The van der Waals surface area contributed by atoms with Crippen LogP contribution in [0.2, 0.25) is 0 Å². The molecule has 1 unspecified atom stereocenters. The van der Waals surface area contributed by atoms with Gasteiger partial charge in [-0.25, -0.2) is 0 Å². The van der Waals surface area contributed by atoms with Crippen LogP contribution in [0.4, 0.5) is 0 Å². The highest BCUT2D eigenvalue weighted by Gasteiger charge is 2.09. The minimum Gasteiger partial charge on any atom is -0.322 e. The van der Waals surface area contributed by atoms with Gasteiger partial charge in [-0.1, -0.05) is 28.1 Å². The Balaban J connectivity index is 2.10. The van der Waals surface area contributed by atoms with Crippen molar-refractivity contribution in [1.29, 1.82) is 0 Å². The van der Waals surface area contributed by atoms with Gasteiger partial charge in [-0.15, -0.1) is 0 Å². The lowest BCUT2D eigenvalue weighted by Crippen LogP contribution is -2.14. The largest absolute Gasteiger partial charge is 0.322 e. The van der Waals surface area contributed by atoms with Gasteiger partial charge in [0.2, 0.25) is 0 Å².